The molecular weight excluding hydrogens is 290 g/mol. The van der Waals surface area contributed by atoms with Gasteiger partial charge < -0.3 is 19.5 Å². The molecule has 1 heterocycles. The summed E-state index contributed by atoms with van der Waals surface area (Å²) in [4.78, 5) is 0. The van der Waals surface area contributed by atoms with Crippen LogP contribution in [0.1, 0.15) is 11.1 Å². The van der Waals surface area contributed by atoms with Crippen molar-refractivity contribution in [1.82, 2.24) is 4.57 Å². The summed E-state index contributed by atoms with van der Waals surface area (Å²) in [6.07, 6.45) is 1.26. The highest BCUT2D eigenvalue weighted by atomic mass is 16.5. The van der Waals surface area contributed by atoms with E-state index in [0.717, 1.165) is 23.0 Å². The minimum atomic E-state index is -0.822. The Balaban J connectivity index is 1.77. The molecule has 0 saturated heterocycles. The fourth-order valence-electron chi connectivity index (χ4n) is 2.69. The predicted molar refractivity (Wildman–Crippen MR) is 90.2 cm³/mol. The summed E-state index contributed by atoms with van der Waals surface area (Å²) in [7, 11) is 0. The molecule has 120 valence electrons. The molecule has 2 N–H and O–H groups in total. The van der Waals surface area contributed by atoms with Crippen molar-refractivity contribution in [2.45, 2.75) is 19.3 Å². The van der Waals surface area contributed by atoms with Crippen LogP contribution in [-0.2, 0) is 17.9 Å². The summed E-state index contributed by atoms with van der Waals surface area (Å²) in [5.74, 6) is 0. The first-order chi connectivity index (χ1) is 11.3. The minimum absolute atomic E-state index is 0.137. The predicted octanol–water partition coefficient (Wildman–Crippen LogP) is 2.56. The van der Waals surface area contributed by atoms with Gasteiger partial charge in [0.1, 0.15) is 6.10 Å². The van der Waals surface area contributed by atoms with E-state index in [1.807, 2.05) is 30.3 Å². The number of rotatable bonds is 7. The van der Waals surface area contributed by atoms with Crippen LogP contribution in [0.15, 0.2) is 60.8 Å². The average molecular weight is 311 g/mol. The number of ether oxygens (including phenoxy) is 1. The molecule has 0 spiro atoms. The van der Waals surface area contributed by atoms with Crippen molar-refractivity contribution in [2.24, 2.45) is 0 Å². The van der Waals surface area contributed by atoms with Crippen LogP contribution >= 0.6 is 0 Å². The normalized spacial score (nSPS) is 12.6. The van der Waals surface area contributed by atoms with Crippen molar-refractivity contribution in [3.8, 4) is 0 Å². The van der Waals surface area contributed by atoms with Crippen LogP contribution in [0.2, 0.25) is 0 Å². The molecule has 0 radical (unpaired) electrons. The highest BCUT2D eigenvalue weighted by molar-refractivity contribution is 5.83. The van der Waals surface area contributed by atoms with Crippen LogP contribution in [0.25, 0.3) is 10.9 Å². The highest BCUT2D eigenvalue weighted by Gasteiger charge is 2.07. The van der Waals surface area contributed by atoms with E-state index < -0.39 is 6.10 Å². The van der Waals surface area contributed by atoms with Crippen molar-refractivity contribution >= 4 is 10.9 Å². The lowest BCUT2D eigenvalue weighted by Gasteiger charge is -2.10. The Hall–Kier alpha value is -2.14. The maximum atomic E-state index is 9.34. The number of aliphatic hydroxyl groups excluding tert-OH is 2. The highest BCUT2D eigenvalue weighted by Crippen LogP contribution is 2.22. The molecule has 4 nitrogen and oxygen atoms in total. The van der Waals surface area contributed by atoms with Crippen molar-refractivity contribution in [3.63, 3.8) is 0 Å². The lowest BCUT2D eigenvalue weighted by atomic mass is 10.1. The number of hydrogen-bond donors (Lipinski definition) is 2. The van der Waals surface area contributed by atoms with Gasteiger partial charge in [-0.3, -0.25) is 0 Å². The van der Waals surface area contributed by atoms with Crippen molar-refractivity contribution < 1.29 is 14.9 Å². The summed E-state index contributed by atoms with van der Waals surface area (Å²) >= 11 is 0. The SMILES string of the molecule is OCC(O)COCc1cccc2c1ccn2Cc1ccccc1. The van der Waals surface area contributed by atoms with Gasteiger partial charge in [0.15, 0.2) is 0 Å². The van der Waals surface area contributed by atoms with Gasteiger partial charge in [0, 0.05) is 23.6 Å². The maximum Gasteiger partial charge on any atom is 0.100 e. The molecule has 0 amide bonds. The molecule has 0 aliphatic rings. The van der Waals surface area contributed by atoms with Gasteiger partial charge in [-0.2, -0.15) is 0 Å². The fraction of sp³-hybridized carbons (Fsp3) is 0.263. The Morgan fingerprint density at radius 2 is 1.83 bits per heavy atom. The van der Waals surface area contributed by atoms with Gasteiger partial charge in [-0.15, -0.1) is 0 Å². The van der Waals surface area contributed by atoms with E-state index in [0.29, 0.717) is 6.61 Å². The summed E-state index contributed by atoms with van der Waals surface area (Å²) in [6.45, 7) is 1.11. The van der Waals surface area contributed by atoms with Gasteiger partial charge in [0.05, 0.1) is 19.8 Å². The van der Waals surface area contributed by atoms with E-state index in [9.17, 15) is 5.11 Å². The smallest absolute Gasteiger partial charge is 0.100 e. The zero-order chi connectivity index (χ0) is 16.1. The lowest BCUT2D eigenvalue weighted by molar-refractivity contribution is 0.000313. The summed E-state index contributed by atoms with van der Waals surface area (Å²) in [5.41, 5.74) is 3.51. The second-order valence-electron chi connectivity index (χ2n) is 5.63. The number of aromatic nitrogens is 1. The van der Waals surface area contributed by atoms with Gasteiger partial charge in [0.25, 0.3) is 0 Å². The lowest BCUT2D eigenvalue weighted by Crippen LogP contribution is -2.19. The molecule has 4 heteroatoms. The van der Waals surface area contributed by atoms with Crippen molar-refractivity contribution in [3.05, 3.63) is 71.9 Å². The number of nitrogens with zero attached hydrogens (tertiary/aromatic N) is 1. The Labute approximate surface area is 135 Å². The Bertz CT molecular complexity index is 752. The van der Waals surface area contributed by atoms with Gasteiger partial charge in [-0.05, 0) is 23.3 Å². The monoisotopic (exact) mass is 311 g/mol. The first-order valence-corrected chi connectivity index (χ1v) is 7.75. The molecular formula is C19H21NO3. The van der Waals surface area contributed by atoms with Crippen LogP contribution in [0.5, 0.6) is 0 Å². The molecule has 0 aliphatic heterocycles. The largest absolute Gasteiger partial charge is 0.394 e. The minimum Gasteiger partial charge on any atom is -0.394 e. The molecule has 0 saturated carbocycles. The molecule has 3 rings (SSSR count). The van der Waals surface area contributed by atoms with E-state index >= 15 is 0 Å². The summed E-state index contributed by atoms with van der Waals surface area (Å²) < 4.78 is 7.71. The number of hydrogen-bond acceptors (Lipinski definition) is 3. The maximum absolute atomic E-state index is 9.34. The van der Waals surface area contributed by atoms with E-state index in [2.05, 4.69) is 35.0 Å². The fourth-order valence-corrected chi connectivity index (χ4v) is 2.69. The second kappa shape index (κ2) is 7.42. The average Bonchev–Trinajstić information content (AvgIpc) is 2.99. The third-order valence-electron chi connectivity index (χ3n) is 3.88. The molecule has 1 unspecified atom stereocenters. The van der Waals surface area contributed by atoms with Crippen molar-refractivity contribution in [1.29, 1.82) is 0 Å². The van der Waals surface area contributed by atoms with Crippen LogP contribution in [0.3, 0.4) is 0 Å². The Morgan fingerprint density at radius 1 is 1.00 bits per heavy atom. The van der Waals surface area contributed by atoms with Crippen LogP contribution < -0.4 is 0 Å². The van der Waals surface area contributed by atoms with Crippen LogP contribution in [-0.4, -0.2) is 34.1 Å². The molecule has 3 aromatic rings. The zero-order valence-electron chi connectivity index (χ0n) is 12.9. The number of fused-ring (bicyclic) bond motifs is 1. The molecule has 2 aromatic carbocycles. The van der Waals surface area contributed by atoms with Crippen LogP contribution in [0, 0.1) is 0 Å². The van der Waals surface area contributed by atoms with Crippen molar-refractivity contribution in [2.75, 3.05) is 13.2 Å². The van der Waals surface area contributed by atoms with Gasteiger partial charge in [-0.1, -0.05) is 42.5 Å². The molecule has 0 fully saturated rings. The Morgan fingerprint density at radius 3 is 2.61 bits per heavy atom. The molecule has 0 aliphatic carbocycles. The van der Waals surface area contributed by atoms with Gasteiger partial charge in [0.2, 0.25) is 0 Å². The standard InChI is InChI=1S/C19H21NO3/c21-12-17(22)14-23-13-16-7-4-8-19-18(16)9-10-20(19)11-15-5-2-1-3-6-15/h1-10,17,21-22H,11-14H2. The summed E-state index contributed by atoms with van der Waals surface area (Å²) in [5, 5.41) is 19.3. The second-order valence-corrected chi connectivity index (χ2v) is 5.63. The first kappa shape index (κ1) is 15.7. The molecule has 1 aromatic heterocycles. The van der Waals surface area contributed by atoms with Crippen LogP contribution in [0.4, 0.5) is 0 Å². The Kier molecular flexibility index (Phi) is 5.08. The van der Waals surface area contributed by atoms with Gasteiger partial charge in [-0.25, -0.2) is 0 Å². The number of aliphatic hydroxyl groups is 2. The van der Waals surface area contributed by atoms with E-state index in [1.165, 1.54) is 5.56 Å². The third kappa shape index (κ3) is 3.79. The molecule has 0 bridgehead atoms. The topological polar surface area (TPSA) is 54.6 Å². The molecule has 23 heavy (non-hydrogen) atoms. The quantitative estimate of drug-likeness (QED) is 0.705. The van der Waals surface area contributed by atoms with Gasteiger partial charge >= 0.3 is 0 Å². The third-order valence-corrected chi connectivity index (χ3v) is 3.88. The zero-order valence-corrected chi connectivity index (χ0v) is 12.9. The first-order valence-electron chi connectivity index (χ1n) is 7.75. The van der Waals surface area contributed by atoms with E-state index in [-0.39, 0.29) is 13.2 Å². The van der Waals surface area contributed by atoms with E-state index in [4.69, 9.17) is 9.84 Å². The van der Waals surface area contributed by atoms with E-state index in [1.54, 1.807) is 0 Å². The summed E-state index contributed by atoms with van der Waals surface area (Å²) in [6, 6.07) is 18.6. The number of benzene rings is 2. The molecule has 1 atom stereocenters.